The monoisotopic (exact) mass is 272 g/mol. The largest absolute Gasteiger partial charge is 0.398 e. The lowest BCUT2D eigenvalue weighted by molar-refractivity contribution is 0.540. The molecule has 4 nitrogen and oxygen atoms in total. The number of hydrogen-bond acceptors (Lipinski definition) is 3. The molecule has 0 amide bonds. The Kier molecular flexibility index (Phi) is 2.90. The van der Waals surface area contributed by atoms with Gasteiger partial charge in [-0.1, -0.05) is 13.8 Å². The number of nitrogens with one attached hydrogen (secondary N) is 1. The van der Waals surface area contributed by atoms with E-state index in [4.69, 9.17) is 5.73 Å². The van der Waals surface area contributed by atoms with Gasteiger partial charge in [0.05, 0.1) is 0 Å². The average Bonchev–Trinajstić information content (AvgIpc) is 2.78. The van der Waals surface area contributed by atoms with Crippen LogP contribution in [-0.2, 0) is 10.0 Å². The first-order valence-corrected chi connectivity index (χ1v) is 7.20. The van der Waals surface area contributed by atoms with Crippen molar-refractivity contribution in [2.75, 3.05) is 5.73 Å². The minimum Gasteiger partial charge on any atom is -0.398 e. The summed E-state index contributed by atoms with van der Waals surface area (Å²) >= 11 is 0. The molecule has 1 atom stereocenters. The zero-order chi connectivity index (χ0) is 13.7. The van der Waals surface area contributed by atoms with Crippen molar-refractivity contribution >= 4 is 15.7 Å². The smallest absolute Gasteiger partial charge is 0.243 e. The Morgan fingerprint density at radius 1 is 1.44 bits per heavy atom. The van der Waals surface area contributed by atoms with Crippen molar-refractivity contribution in [2.24, 2.45) is 5.41 Å². The van der Waals surface area contributed by atoms with Gasteiger partial charge >= 0.3 is 0 Å². The van der Waals surface area contributed by atoms with Crippen LogP contribution in [0.5, 0.6) is 0 Å². The summed E-state index contributed by atoms with van der Waals surface area (Å²) in [5.74, 6) is -0.771. The van der Waals surface area contributed by atoms with E-state index < -0.39 is 15.8 Å². The highest BCUT2D eigenvalue weighted by Crippen LogP contribution is 2.45. The second-order valence-electron chi connectivity index (χ2n) is 5.51. The Morgan fingerprint density at radius 3 is 2.50 bits per heavy atom. The van der Waals surface area contributed by atoms with Crippen LogP contribution in [0.4, 0.5) is 10.1 Å². The summed E-state index contributed by atoms with van der Waals surface area (Å²) in [7, 11) is -3.84. The summed E-state index contributed by atoms with van der Waals surface area (Å²) in [4.78, 5) is -0.381. The van der Waals surface area contributed by atoms with Gasteiger partial charge in [-0.25, -0.2) is 17.5 Å². The third kappa shape index (κ3) is 2.35. The van der Waals surface area contributed by atoms with Crippen LogP contribution in [0.2, 0.25) is 0 Å². The minimum absolute atomic E-state index is 0.0558. The SMILES string of the molecule is Cc1cc(F)c(S(=O)(=O)NC2CC2(C)C)cc1N. The van der Waals surface area contributed by atoms with E-state index in [1.165, 1.54) is 6.07 Å². The van der Waals surface area contributed by atoms with Crippen molar-refractivity contribution < 1.29 is 12.8 Å². The van der Waals surface area contributed by atoms with Crippen LogP contribution >= 0.6 is 0 Å². The van der Waals surface area contributed by atoms with E-state index in [0.717, 1.165) is 12.5 Å². The number of nitrogens with two attached hydrogens (primary N) is 1. The first-order valence-electron chi connectivity index (χ1n) is 5.71. The van der Waals surface area contributed by atoms with Crippen molar-refractivity contribution in [1.82, 2.24) is 4.72 Å². The van der Waals surface area contributed by atoms with Gasteiger partial charge < -0.3 is 5.73 Å². The molecule has 1 aliphatic carbocycles. The van der Waals surface area contributed by atoms with Crippen molar-refractivity contribution in [3.63, 3.8) is 0 Å². The van der Waals surface area contributed by atoms with Crippen molar-refractivity contribution in [1.29, 1.82) is 0 Å². The summed E-state index contributed by atoms with van der Waals surface area (Å²) in [5.41, 5.74) is 6.37. The van der Waals surface area contributed by atoms with Gasteiger partial charge in [0.15, 0.2) is 0 Å². The maximum atomic E-state index is 13.7. The second kappa shape index (κ2) is 3.93. The molecule has 0 radical (unpaired) electrons. The van der Waals surface area contributed by atoms with Crippen molar-refractivity contribution in [3.8, 4) is 0 Å². The van der Waals surface area contributed by atoms with E-state index in [1.807, 2.05) is 13.8 Å². The highest BCUT2D eigenvalue weighted by molar-refractivity contribution is 7.89. The molecular formula is C12H17FN2O2S. The molecule has 1 unspecified atom stereocenters. The molecule has 2 rings (SSSR count). The molecule has 1 saturated carbocycles. The molecule has 1 fully saturated rings. The van der Waals surface area contributed by atoms with Gasteiger partial charge in [0.1, 0.15) is 10.7 Å². The van der Waals surface area contributed by atoms with Gasteiger partial charge in [0.2, 0.25) is 10.0 Å². The Bertz CT molecular complexity index is 596. The highest BCUT2D eigenvalue weighted by atomic mass is 32.2. The van der Waals surface area contributed by atoms with Crippen LogP contribution < -0.4 is 10.5 Å². The van der Waals surface area contributed by atoms with Crippen molar-refractivity contribution in [3.05, 3.63) is 23.5 Å². The molecule has 18 heavy (non-hydrogen) atoms. The number of sulfonamides is 1. The lowest BCUT2D eigenvalue weighted by atomic mass is 10.2. The van der Waals surface area contributed by atoms with E-state index in [2.05, 4.69) is 4.72 Å². The molecule has 1 aromatic rings. The molecule has 6 heteroatoms. The quantitative estimate of drug-likeness (QED) is 0.824. The predicted molar refractivity (Wildman–Crippen MR) is 68.1 cm³/mol. The summed E-state index contributed by atoms with van der Waals surface area (Å²) in [6.45, 7) is 5.55. The number of halogens is 1. The molecule has 3 N–H and O–H groups in total. The van der Waals surface area contributed by atoms with Gasteiger partial charge in [-0.05, 0) is 36.5 Å². The lowest BCUT2D eigenvalue weighted by Crippen LogP contribution is -2.29. The molecular weight excluding hydrogens is 255 g/mol. The van der Waals surface area contributed by atoms with Gasteiger partial charge in [0, 0.05) is 11.7 Å². The first-order chi connectivity index (χ1) is 8.13. The number of rotatable bonds is 3. The van der Waals surface area contributed by atoms with Gasteiger partial charge in [0.25, 0.3) is 0 Å². The van der Waals surface area contributed by atoms with Gasteiger partial charge in [-0.15, -0.1) is 0 Å². The van der Waals surface area contributed by atoms with Crippen LogP contribution in [0, 0.1) is 18.2 Å². The van der Waals surface area contributed by atoms with E-state index in [-0.39, 0.29) is 22.0 Å². The van der Waals surface area contributed by atoms with Crippen LogP contribution in [0.25, 0.3) is 0 Å². The van der Waals surface area contributed by atoms with Crippen LogP contribution in [0.3, 0.4) is 0 Å². The van der Waals surface area contributed by atoms with Crippen LogP contribution in [0.15, 0.2) is 17.0 Å². The number of nitrogen functional groups attached to an aromatic ring is 1. The molecule has 1 aliphatic rings. The molecule has 1 aromatic carbocycles. The number of anilines is 1. The molecule has 0 aliphatic heterocycles. The van der Waals surface area contributed by atoms with Crippen molar-refractivity contribution in [2.45, 2.75) is 38.1 Å². The van der Waals surface area contributed by atoms with E-state index in [9.17, 15) is 12.8 Å². The molecule has 0 saturated heterocycles. The van der Waals surface area contributed by atoms with E-state index in [0.29, 0.717) is 5.56 Å². The Morgan fingerprint density at radius 2 is 2.00 bits per heavy atom. The average molecular weight is 272 g/mol. The molecule has 100 valence electrons. The van der Waals surface area contributed by atoms with E-state index in [1.54, 1.807) is 6.92 Å². The lowest BCUT2D eigenvalue weighted by Gasteiger charge is -2.10. The Hall–Kier alpha value is -1.14. The number of hydrogen-bond donors (Lipinski definition) is 2. The fraction of sp³-hybridized carbons (Fsp3) is 0.500. The second-order valence-corrected chi connectivity index (χ2v) is 7.19. The zero-order valence-electron chi connectivity index (χ0n) is 10.6. The van der Waals surface area contributed by atoms with Crippen LogP contribution in [-0.4, -0.2) is 14.5 Å². The molecule has 0 heterocycles. The highest BCUT2D eigenvalue weighted by Gasteiger charge is 2.48. The number of aryl methyl sites for hydroxylation is 1. The molecule has 0 spiro atoms. The minimum atomic E-state index is -3.84. The fourth-order valence-corrected chi connectivity index (χ4v) is 3.30. The maximum Gasteiger partial charge on any atom is 0.243 e. The standard InChI is InChI=1S/C12H17FN2O2S/c1-7-4-8(13)10(5-9(7)14)18(16,17)15-11-6-12(11,2)3/h4-5,11,15H,6,14H2,1-3H3. The zero-order valence-corrected chi connectivity index (χ0v) is 11.4. The third-order valence-electron chi connectivity index (χ3n) is 3.42. The summed E-state index contributed by atoms with van der Waals surface area (Å²) in [5, 5.41) is 0. The predicted octanol–water partition coefficient (Wildman–Crippen LogP) is 1.79. The summed E-state index contributed by atoms with van der Waals surface area (Å²) < 4.78 is 40.3. The summed E-state index contributed by atoms with van der Waals surface area (Å²) in [6, 6.07) is 2.18. The summed E-state index contributed by atoms with van der Waals surface area (Å²) in [6.07, 6.45) is 0.759. The maximum absolute atomic E-state index is 13.7. The van der Waals surface area contributed by atoms with Gasteiger partial charge in [-0.3, -0.25) is 0 Å². The molecule has 0 aromatic heterocycles. The molecule has 0 bridgehead atoms. The normalized spacial score (nSPS) is 21.9. The van der Waals surface area contributed by atoms with Gasteiger partial charge in [-0.2, -0.15) is 0 Å². The van der Waals surface area contributed by atoms with E-state index >= 15 is 0 Å². The third-order valence-corrected chi connectivity index (χ3v) is 4.91. The number of benzene rings is 1. The topological polar surface area (TPSA) is 72.2 Å². The van der Waals surface area contributed by atoms with Crippen LogP contribution in [0.1, 0.15) is 25.8 Å². The Labute approximate surface area is 106 Å². The Balaban J connectivity index is 2.33. The fourth-order valence-electron chi connectivity index (χ4n) is 1.79. The first kappa shape index (κ1) is 13.3.